The number of esters is 2. The number of aromatic amines is 1. The Labute approximate surface area is 187 Å². The summed E-state index contributed by atoms with van der Waals surface area (Å²) in [6.45, 7) is -0.0181. The van der Waals surface area contributed by atoms with E-state index in [-0.39, 0.29) is 23.4 Å². The molecule has 0 saturated heterocycles. The molecular weight excluding hydrogens is 454 g/mol. The predicted molar refractivity (Wildman–Crippen MR) is 117 cm³/mol. The molecule has 1 heterocycles. The van der Waals surface area contributed by atoms with Crippen molar-refractivity contribution in [2.75, 3.05) is 18.9 Å². The number of carbonyl (C=O) groups excluding carboxylic acids is 2. The Morgan fingerprint density at radius 3 is 2.39 bits per heavy atom. The smallest absolute Gasteiger partial charge is 0.339 e. The maximum absolute atomic E-state index is 13.1. The second kappa shape index (κ2) is 9.53. The number of benzene rings is 2. The van der Waals surface area contributed by atoms with E-state index in [0.29, 0.717) is 5.56 Å². The third-order valence-electron chi connectivity index (χ3n) is 4.51. The quantitative estimate of drug-likeness (QED) is 0.481. The van der Waals surface area contributed by atoms with E-state index in [0.717, 1.165) is 43.2 Å². The van der Waals surface area contributed by atoms with Crippen LogP contribution in [0.5, 0.6) is 0 Å². The minimum atomic E-state index is -4.35. The number of H-pyrrole nitrogens is 1. The van der Waals surface area contributed by atoms with Gasteiger partial charge in [-0.05, 0) is 35.9 Å². The largest absolute Gasteiger partial charge is 0.465 e. The van der Waals surface area contributed by atoms with E-state index in [1.165, 1.54) is 18.2 Å². The molecule has 0 fully saturated rings. The first-order valence-electron chi connectivity index (χ1n) is 9.37. The molecular formula is C21H19N3O8S. The highest BCUT2D eigenvalue weighted by Gasteiger charge is 2.25. The van der Waals surface area contributed by atoms with Crippen molar-refractivity contribution in [2.45, 2.75) is 11.4 Å². The monoisotopic (exact) mass is 473 g/mol. The molecule has 12 heteroatoms. The van der Waals surface area contributed by atoms with Crippen LogP contribution in [0, 0.1) is 0 Å². The first-order valence-corrected chi connectivity index (χ1v) is 10.9. The van der Waals surface area contributed by atoms with E-state index < -0.39 is 38.0 Å². The summed E-state index contributed by atoms with van der Waals surface area (Å²) in [6.07, 6.45) is 0. The van der Waals surface area contributed by atoms with E-state index in [2.05, 4.69) is 19.3 Å². The number of aromatic nitrogens is 2. The summed E-state index contributed by atoms with van der Waals surface area (Å²) in [5.74, 6) is -1.69. The second-order valence-electron chi connectivity index (χ2n) is 6.73. The molecule has 0 spiro atoms. The summed E-state index contributed by atoms with van der Waals surface area (Å²) in [5, 5.41) is 2.38. The van der Waals surface area contributed by atoms with Gasteiger partial charge in [0.25, 0.3) is 21.1 Å². The van der Waals surface area contributed by atoms with Gasteiger partial charge < -0.3 is 9.47 Å². The molecule has 2 aromatic carbocycles. The van der Waals surface area contributed by atoms with Crippen LogP contribution in [-0.4, -0.2) is 44.4 Å². The van der Waals surface area contributed by atoms with Crippen molar-refractivity contribution in [1.29, 1.82) is 0 Å². The van der Waals surface area contributed by atoms with Crippen molar-refractivity contribution in [3.8, 4) is 0 Å². The van der Waals surface area contributed by atoms with E-state index in [9.17, 15) is 27.6 Å². The summed E-state index contributed by atoms with van der Waals surface area (Å²) in [5.41, 5.74) is -0.627. The van der Waals surface area contributed by atoms with Gasteiger partial charge in [-0.25, -0.2) is 22.7 Å². The fourth-order valence-electron chi connectivity index (χ4n) is 2.97. The van der Waals surface area contributed by atoms with Crippen LogP contribution in [0.4, 0.5) is 5.69 Å². The first kappa shape index (κ1) is 23.5. The zero-order valence-corrected chi connectivity index (χ0v) is 18.3. The minimum absolute atomic E-state index is 0.0181. The fourth-order valence-corrected chi connectivity index (χ4v) is 4.24. The van der Waals surface area contributed by atoms with Crippen LogP contribution in [-0.2, 0) is 26.0 Å². The van der Waals surface area contributed by atoms with Crippen molar-refractivity contribution in [3.05, 3.63) is 92.0 Å². The lowest BCUT2D eigenvalue weighted by atomic mass is 10.1. The third kappa shape index (κ3) is 5.36. The Hall–Kier alpha value is -4.19. The van der Waals surface area contributed by atoms with E-state index in [1.54, 1.807) is 12.1 Å². The third-order valence-corrected chi connectivity index (χ3v) is 5.93. The van der Waals surface area contributed by atoms with Crippen molar-refractivity contribution < 1.29 is 27.5 Å². The van der Waals surface area contributed by atoms with Crippen LogP contribution in [0.15, 0.2) is 69.1 Å². The summed E-state index contributed by atoms with van der Waals surface area (Å²) in [6, 6.07) is 11.7. The molecule has 33 heavy (non-hydrogen) atoms. The van der Waals surface area contributed by atoms with Gasteiger partial charge in [0, 0.05) is 17.8 Å². The second-order valence-corrected chi connectivity index (χ2v) is 8.38. The lowest BCUT2D eigenvalue weighted by molar-refractivity contribution is 0.0583. The average Bonchev–Trinajstić information content (AvgIpc) is 2.80. The zero-order valence-electron chi connectivity index (χ0n) is 17.5. The molecule has 0 aliphatic carbocycles. The molecule has 0 amide bonds. The highest BCUT2D eigenvalue weighted by Crippen LogP contribution is 2.23. The highest BCUT2D eigenvalue weighted by atomic mass is 32.2. The molecule has 0 atom stereocenters. The van der Waals surface area contributed by atoms with Gasteiger partial charge in [-0.1, -0.05) is 12.1 Å². The summed E-state index contributed by atoms with van der Waals surface area (Å²) in [4.78, 5) is 46.9. The molecule has 3 rings (SSSR count). The first-order chi connectivity index (χ1) is 15.6. The van der Waals surface area contributed by atoms with Gasteiger partial charge in [0.15, 0.2) is 0 Å². The lowest BCUT2D eigenvalue weighted by Gasteiger charge is -2.13. The maximum Gasteiger partial charge on any atom is 0.339 e. The predicted octanol–water partition coefficient (Wildman–Crippen LogP) is 0.959. The number of sulfonamides is 1. The molecule has 0 saturated carbocycles. The standard InChI is InChI=1S/C21H19N3O8S/c1-31-20(27)14-6-7-16(21(28)32-2)17(11-14)33(29,30)23-15-5-3-4-13(10-15)12-24-19(26)9-8-18(25)22-24/h3-11,23H,12H2,1-2H3,(H,22,25). The zero-order chi connectivity index (χ0) is 24.2. The van der Waals surface area contributed by atoms with Crippen molar-refractivity contribution in [3.63, 3.8) is 0 Å². The number of hydrogen-bond donors (Lipinski definition) is 2. The molecule has 0 aliphatic rings. The van der Waals surface area contributed by atoms with Gasteiger partial charge in [-0.15, -0.1) is 0 Å². The Kier molecular flexibility index (Phi) is 6.78. The Morgan fingerprint density at radius 1 is 0.970 bits per heavy atom. The maximum atomic E-state index is 13.1. The number of methoxy groups -OCH3 is 2. The highest BCUT2D eigenvalue weighted by molar-refractivity contribution is 7.92. The fraction of sp³-hybridized carbons (Fsp3) is 0.143. The molecule has 172 valence electrons. The van der Waals surface area contributed by atoms with Crippen molar-refractivity contribution >= 4 is 27.6 Å². The van der Waals surface area contributed by atoms with Gasteiger partial charge in [-0.2, -0.15) is 0 Å². The van der Waals surface area contributed by atoms with Crippen LogP contribution in [0.1, 0.15) is 26.3 Å². The summed E-state index contributed by atoms with van der Waals surface area (Å²) < 4.78 is 38.9. The Bertz CT molecular complexity index is 1440. The molecule has 1 aromatic heterocycles. The Morgan fingerprint density at radius 2 is 1.70 bits per heavy atom. The normalized spacial score (nSPS) is 11.0. The molecule has 3 aromatic rings. The molecule has 2 N–H and O–H groups in total. The topological polar surface area (TPSA) is 154 Å². The van der Waals surface area contributed by atoms with Crippen LogP contribution in [0.25, 0.3) is 0 Å². The van der Waals surface area contributed by atoms with Gasteiger partial charge >= 0.3 is 11.9 Å². The van der Waals surface area contributed by atoms with Gasteiger partial charge in [-0.3, -0.25) is 19.4 Å². The van der Waals surface area contributed by atoms with Crippen molar-refractivity contribution in [2.24, 2.45) is 0 Å². The Balaban J connectivity index is 1.98. The lowest BCUT2D eigenvalue weighted by Crippen LogP contribution is -2.28. The molecule has 0 bridgehead atoms. The van der Waals surface area contributed by atoms with E-state index in [4.69, 9.17) is 0 Å². The molecule has 0 aliphatic heterocycles. The number of ether oxygens (including phenoxy) is 2. The van der Waals surface area contributed by atoms with Crippen LogP contribution < -0.4 is 15.8 Å². The summed E-state index contributed by atoms with van der Waals surface area (Å²) in [7, 11) is -2.12. The van der Waals surface area contributed by atoms with Gasteiger partial charge in [0.1, 0.15) is 4.90 Å². The number of rotatable bonds is 7. The molecule has 0 unspecified atom stereocenters. The molecule has 0 radical (unpaired) electrons. The van der Waals surface area contributed by atoms with Crippen LogP contribution in [0.3, 0.4) is 0 Å². The van der Waals surface area contributed by atoms with E-state index in [1.807, 2.05) is 0 Å². The minimum Gasteiger partial charge on any atom is -0.465 e. The van der Waals surface area contributed by atoms with E-state index >= 15 is 0 Å². The molecule has 11 nitrogen and oxygen atoms in total. The van der Waals surface area contributed by atoms with Crippen molar-refractivity contribution in [1.82, 2.24) is 9.78 Å². The van der Waals surface area contributed by atoms with Gasteiger partial charge in [0.05, 0.1) is 31.9 Å². The SMILES string of the molecule is COC(=O)c1ccc(C(=O)OC)c(S(=O)(=O)Nc2cccc(Cn3[nH]c(=O)ccc3=O)c2)c1. The number of nitrogens with one attached hydrogen (secondary N) is 2. The number of anilines is 1. The average molecular weight is 473 g/mol. The number of carbonyl (C=O) groups is 2. The number of hydrogen-bond acceptors (Lipinski definition) is 8. The summed E-state index contributed by atoms with van der Waals surface area (Å²) >= 11 is 0. The van der Waals surface area contributed by atoms with Gasteiger partial charge in [0.2, 0.25) is 0 Å². The van der Waals surface area contributed by atoms with Crippen LogP contribution in [0.2, 0.25) is 0 Å². The van der Waals surface area contributed by atoms with Crippen LogP contribution >= 0.6 is 0 Å². The number of nitrogens with zero attached hydrogens (tertiary/aromatic N) is 1.